The average Bonchev–Trinajstić information content (AvgIpc) is 2.68. The second-order valence-corrected chi connectivity index (χ2v) is 2.65. The van der Waals surface area contributed by atoms with Crippen molar-refractivity contribution >= 4 is 11.9 Å². The summed E-state index contributed by atoms with van der Waals surface area (Å²) < 4.78 is 9.59. The second-order valence-electron chi connectivity index (χ2n) is 2.65. The van der Waals surface area contributed by atoms with Gasteiger partial charge in [-0.25, -0.2) is 0 Å². The van der Waals surface area contributed by atoms with Gasteiger partial charge in [-0.1, -0.05) is 6.92 Å². The predicted octanol–water partition coefficient (Wildman–Crippen LogP) is 1.18. The number of carbonyl (C=O) groups is 2. The third-order valence-electron chi connectivity index (χ3n) is 1.41. The standard InChI is InChI=1S/C6H8O4.C3H6O2/c7-6(8)2-1-5-3-9-4-10-5;1-2-3(4)5/h3H,1-2,4H2,(H,7,8);2H2,1H3,(H,4,5). The van der Waals surface area contributed by atoms with Crippen LogP contribution < -0.4 is 0 Å². The van der Waals surface area contributed by atoms with E-state index in [1.54, 1.807) is 6.92 Å². The first-order valence-corrected chi connectivity index (χ1v) is 4.43. The summed E-state index contributed by atoms with van der Waals surface area (Å²) in [6, 6.07) is 0. The number of allylic oxidation sites excluding steroid dienone is 1. The molecule has 0 unspecified atom stereocenters. The van der Waals surface area contributed by atoms with Crippen molar-refractivity contribution in [2.75, 3.05) is 6.79 Å². The van der Waals surface area contributed by atoms with Gasteiger partial charge in [-0.3, -0.25) is 9.59 Å². The van der Waals surface area contributed by atoms with Crippen molar-refractivity contribution in [3.05, 3.63) is 12.0 Å². The van der Waals surface area contributed by atoms with Crippen LogP contribution >= 0.6 is 0 Å². The molecule has 0 radical (unpaired) electrons. The van der Waals surface area contributed by atoms with E-state index in [1.165, 1.54) is 6.26 Å². The van der Waals surface area contributed by atoms with Crippen LogP contribution in [0.1, 0.15) is 26.2 Å². The Bertz CT molecular complexity index is 245. The summed E-state index contributed by atoms with van der Waals surface area (Å²) in [5, 5.41) is 16.0. The second kappa shape index (κ2) is 7.66. The van der Waals surface area contributed by atoms with E-state index in [-0.39, 0.29) is 19.6 Å². The maximum absolute atomic E-state index is 10.0. The summed E-state index contributed by atoms with van der Waals surface area (Å²) in [5.41, 5.74) is 0. The molecule has 1 heterocycles. The monoisotopic (exact) mass is 218 g/mol. The van der Waals surface area contributed by atoms with E-state index < -0.39 is 11.9 Å². The Morgan fingerprint density at radius 1 is 1.40 bits per heavy atom. The third kappa shape index (κ3) is 8.61. The number of hydrogen-bond acceptors (Lipinski definition) is 4. The lowest BCUT2D eigenvalue weighted by molar-refractivity contribution is -0.137. The van der Waals surface area contributed by atoms with Crippen molar-refractivity contribution < 1.29 is 29.3 Å². The average molecular weight is 218 g/mol. The molecular weight excluding hydrogens is 204 g/mol. The van der Waals surface area contributed by atoms with Crippen LogP contribution in [-0.2, 0) is 19.1 Å². The van der Waals surface area contributed by atoms with Gasteiger partial charge < -0.3 is 19.7 Å². The van der Waals surface area contributed by atoms with Crippen molar-refractivity contribution in [1.82, 2.24) is 0 Å². The van der Waals surface area contributed by atoms with E-state index in [1.807, 2.05) is 0 Å². The Morgan fingerprint density at radius 2 is 2.00 bits per heavy atom. The normalized spacial score (nSPS) is 12.7. The fraction of sp³-hybridized carbons (Fsp3) is 0.556. The number of hydrogen-bond donors (Lipinski definition) is 2. The molecule has 0 aromatic rings. The number of rotatable bonds is 4. The van der Waals surface area contributed by atoms with Crippen LogP contribution in [0.5, 0.6) is 0 Å². The van der Waals surface area contributed by atoms with E-state index in [9.17, 15) is 9.59 Å². The SMILES string of the molecule is CCC(=O)O.O=C(O)CCC1=COCO1. The van der Waals surface area contributed by atoms with Gasteiger partial charge in [0.25, 0.3) is 0 Å². The molecule has 6 nitrogen and oxygen atoms in total. The molecule has 1 aliphatic heterocycles. The maximum Gasteiger partial charge on any atom is 0.303 e. The lowest BCUT2D eigenvalue weighted by Crippen LogP contribution is -1.95. The van der Waals surface area contributed by atoms with Crippen LogP contribution in [0.2, 0.25) is 0 Å². The zero-order valence-electron chi connectivity index (χ0n) is 8.43. The largest absolute Gasteiger partial charge is 0.481 e. The highest BCUT2D eigenvalue weighted by molar-refractivity contribution is 5.67. The van der Waals surface area contributed by atoms with Crippen LogP contribution in [0.25, 0.3) is 0 Å². The highest BCUT2D eigenvalue weighted by atomic mass is 16.7. The number of carboxylic acids is 2. The molecule has 6 heteroatoms. The first-order chi connectivity index (χ1) is 7.06. The van der Waals surface area contributed by atoms with E-state index >= 15 is 0 Å². The van der Waals surface area contributed by atoms with E-state index in [0.717, 1.165) is 0 Å². The molecule has 0 aromatic heterocycles. The Labute approximate surface area is 87.1 Å². The zero-order valence-corrected chi connectivity index (χ0v) is 8.43. The van der Waals surface area contributed by atoms with Crippen LogP contribution in [0.4, 0.5) is 0 Å². The molecular formula is C9H14O6. The Kier molecular flexibility index (Phi) is 6.78. The molecule has 1 aliphatic rings. The first kappa shape index (κ1) is 13.3. The number of aliphatic carboxylic acids is 2. The predicted molar refractivity (Wildman–Crippen MR) is 49.9 cm³/mol. The summed E-state index contributed by atoms with van der Waals surface area (Å²) in [6.45, 7) is 1.82. The summed E-state index contributed by atoms with van der Waals surface area (Å²) >= 11 is 0. The summed E-state index contributed by atoms with van der Waals surface area (Å²) in [6.07, 6.45) is 2.17. The van der Waals surface area contributed by atoms with Gasteiger partial charge in [0.1, 0.15) is 12.0 Å². The summed E-state index contributed by atoms with van der Waals surface area (Å²) in [7, 11) is 0. The van der Waals surface area contributed by atoms with E-state index in [0.29, 0.717) is 12.2 Å². The van der Waals surface area contributed by atoms with E-state index in [4.69, 9.17) is 19.7 Å². The molecule has 2 N–H and O–H groups in total. The lowest BCUT2D eigenvalue weighted by Gasteiger charge is -1.95. The molecule has 1 rings (SSSR count). The van der Waals surface area contributed by atoms with Crippen molar-refractivity contribution in [3.63, 3.8) is 0 Å². The topological polar surface area (TPSA) is 93.1 Å². The Morgan fingerprint density at radius 3 is 2.33 bits per heavy atom. The Balaban J connectivity index is 0.000000336. The van der Waals surface area contributed by atoms with Gasteiger partial charge in [0.2, 0.25) is 6.79 Å². The highest BCUT2D eigenvalue weighted by Gasteiger charge is 2.07. The molecule has 15 heavy (non-hydrogen) atoms. The van der Waals surface area contributed by atoms with Gasteiger partial charge in [0, 0.05) is 12.8 Å². The molecule has 0 atom stereocenters. The van der Waals surface area contributed by atoms with Crippen molar-refractivity contribution in [1.29, 1.82) is 0 Å². The molecule has 0 aromatic carbocycles. The zero-order chi connectivity index (χ0) is 11.7. The van der Waals surface area contributed by atoms with Gasteiger partial charge in [-0.15, -0.1) is 0 Å². The molecule has 0 saturated carbocycles. The molecule has 86 valence electrons. The van der Waals surface area contributed by atoms with Crippen LogP contribution in [0, 0.1) is 0 Å². The minimum absolute atomic E-state index is 0.0925. The van der Waals surface area contributed by atoms with Crippen LogP contribution in [0.15, 0.2) is 12.0 Å². The summed E-state index contributed by atoms with van der Waals surface area (Å²) in [4.78, 5) is 19.4. The van der Waals surface area contributed by atoms with Crippen molar-refractivity contribution in [3.8, 4) is 0 Å². The minimum Gasteiger partial charge on any atom is -0.481 e. The van der Waals surface area contributed by atoms with Gasteiger partial charge in [0.05, 0.1) is 6.42 Å². The fourth-order valence-electron chi connectivity index (χ4n) is 0.632. The minimum atomic E-state index is -0.823. The molecule has 0 saturated heterocycles. The van der Waals surface area contributed by atoms with Crippen molar-refractivity contribution in [2.45, 2.75) is 26.2 Å². The first-order valence-electron chi connectivity index (χ1n) is 4.43. The van der Waals surface area contributed by atoms with Crippen LogP contribution in [0.3, 0.4) is 0 Å². The quantitative estimate of drug-likeness (QED) is 0.735. The molecule has 0 spiro atoms. The van der Waals surface area contributed by atoms with Gasteiger partial charge in [-0.2, -0.15) is 0 Å². The van der Waals surface area contributed by atoms with Gasteiger partial charge in [-0.05, 0) is 0 Å². The maximum atomic E-state index is 10.0. The number of ether oxygens (including phenoxy) is 2. The molecule has 0 amide bonds. The van der Waals surface area contributed by atoms with E-state index in [2.05, 4.69) is 0 Å². The smallest absolute Gasteiger partial charge is 0.303 e. The lowest BCUT2D eigenvalue weighted by atomic mass is 10.3. The molecule has 0 bridgehead atoms. The van der Waals surface area contributed by atoms with Crippen molar-refractivity contribution in [2.24, 2.45) is 0 Å². The highest BCUT2D eigenvalue weighted by Crippen LogP contribution is 2.12. The summed E-state index contributed by atoms with van der Waals surface area (Å²) in [5.74, 6) is -0.955. The van der Waals surface area contributed by atoms with Crippen LogP contribution in [-0.4, -0.2) is 28.9 Å². The fourth-order valence-corrected chi connectivity index (χ4v) is 0.632. The molecule has 0 fully saturated rings. The molecule has 0 aliphatic carbocycles. The third-order valence-corrected chi connectivity index (χ3v) is 1.41. The number of carboxylic acid groups (broad SMARTS) is 2. The van der Waals surface area contributed by atoms with Gasteiger partial charge >= 0.3 is 11.9 Å². The Hall–Kier alpha value is -1.72. The van der Waals surface area contributed by atoms with Gasteiger partial charge in [0.15, 0.2) is 0 Å².